The maximum atomic E-state index is 12.3. The number of nitrogens with zero attached hydrogens (tertiary/aromatic N) is 2. The minimum Gasteiger partial charge on any atom is -0.496 e. The highest BCUT2D eigenvalue weighted by Crippen LogP contribution is 2.21. The van der Waals surface area contributed by atoms with Crippen molar-refractivity contribution in [3.8, 4) is 5.75 Å². The summed E-state index contributed by atoms with van der Waals surface area (Å²) in [6, 6.07) is 6.79. The fourth-order valence-electron chi connectivity index (χ4n) is 1.89. The number of anilines is 1. The van der Waals surface area contributed by atoms with E-state index in [1.807, 2.05) is 0 Å². The van der Waals surface area contributed by atoms with Crippen LogP contribution in [0.15, 0.2) is 30.5 Å². The number of hydrogen-bond acceptors (Lipinski definition) is 5. The number of hydrogen-bond donors (Lipinski definition) is 1. The summed E-state index contributed by atoms with van der Waals surface area (Å²) >= 11 is 0. The molecule has 0 aliphatic heterocycles. The van der Waals surface area contributed by atoms with E-state index < -0.39 is 11.9 Å². The van der Waals surface area contributed by atoms with Crippen LogP contribution in [0.5, 0.6) is 5.75 Å². The van der Waals surface area contributed by atoms with Crippen molar-refractivity contribution in [1.29, 1.82) is 0 Å². The SMILES string of the molecule is COC(=O)c1c(NC(=O)c2ccccc2OC)cnn1C. The molecular weight excluding hydrogens is 274 g/mol. The van der Waals surface area contributed by atoms with E-state index in [-0.39, 0.29) is 11.4 Å². The first-order valence-corrected chi connectivity index (χ1v) is 6.13. The minimum atomic E-state index is -0.578. The van der Waals surface area contributed by atoms with Crippen LogP contribution >= 0.6 is 0 Å². The lowest BCUT2D eigenvalue weighted by atomic mass is 10.2. The third kappa shape index (κ3) is 2.86. The van der Waals surface area contributed by atoms with Crippen LogP contribution in [-0.2, 0) is 11.8 Å². The van der Waals surface area contributed by atoms with Crippen LogP contribution < -0.4 is 10.1 Å². The van der Waals surface area contributed by atoms with Gasteiger partial charge in [0.2, 0.25) is 0 Å². The van der Waals surface area contributed by atoms with Gasteiger partial charge in [-0.25, -0.2) is 4.79 Å². The molecule has 21 heavy (non-hydrogen) atoms. The van der Waals surface area contributed by atoms with Crippen molar-refractivity contribution in [1.82, 2.24) is 9.78 Å². The summed E-state index contributed by atoms with van der Waals surface area (Å²) in [5.41, 5.74) is 0.806. The smallest absolute Gasteiger partial charge is 0.358 e. The van der Waals surface area contributed by atoms with Crippen molar-refractivity contribution >= 4 is 17.6 Å². The molecule has 1 aromatic heterocycles. The van der Waals surface area contributed by atoms with Crippen LogP contribution in [0.2, 0.25) is 0 Å². The molecule has 0 spiro atoms. The number of nitrogens with one attached hydrogen (secondary N) is 1. The molecule has 0 saturated carbocycles. The second-order valence-corrected chi connectivity index (χ2v) is 4.18. The van der Waals surface area contributed by atoms with Crippen LogP contribution in [0.3, 0.4) is 0 Å². The highest BCUT2D eigenvalue weighted by Gasteiger charge is 2.20. The van der Waals surface area contributed by atoms with Crippen LogP contribution in [-0.4, -0.2) is 35.9 Å². The highest BCUT2D eigenvalue weighted by molar-refractivity contribution is 6.08. The zero-order valence-electron chi connectivity index (χ0n) is 11.9. The molecule has 7 heteroatoms. The number of carbonyl (C=O) groups is 2. The average Bonchev–Trinajstić information content (AvgIpc) is 2.87. The molecule has 1 amide bonds. The van der Waals surface area contributed by atoms with Crippen LogP contribution in [0.25, 0.3) is 0 Å². The molecule has 0 saturated heterocycles. The first kappa shape index (κ1) is 14.6. The van der Waals surface area contributed by atoms with Crippen molar-refractivity contribution in [2.45, 2.75) is 0 Å². The van der Waals surface area contributed by atoms with Gasteiger partial charge in [0.15, 0.2) is 5.69 Å². The maximum Gasteiger partial charge on any atom is 0.358 e. The van der Waals surface area contributed by atoms with E-state index in [9.17, 15) is 9.59 Å². The van der Waals surface area contributed by atoms with Gasteiger partial charge in [0.1, 0.15) is 5.75 Å². The number of esters is 1. The van der Waals surface area contributed by atoms with Crippen molar-refractivity contribution in [2.24, 2.45) is 7.05 Å². The first-order chi connectivity index (χ1) is 10.1. The summed E-state index contributed by atoms with van der Waals surface area (Å²) in [6.07, 6.45) is 1.39. The number of methoxy groups -OCH3 is 2. The molecule has 1 aromatic carbocycles. The average molecular weight is 289 g/mol. The van der Waals surface area contributed by atoms with Gasteiger partial charge in [-0.1, -0.05) is 12.1 Å². The first-order valence-electron chi connectivity index (χ1n) is 6.13. The Bertz CT molecular complexity index is 679. The van der Waals surface area contributed by atoms with Gasteiger partial charge in [-0.2, -0.15) is 5.10 Å². The van der Waals surface area contributed by atoms with Gasteiger partial charge in [-0.05, 0) is 12.1 Å². The summed E-state index contributed by atoms with van der Waals surface area (Å²) in [4.78, 5) is 24.0. The van der Waals surface area contributed by atoms with E-state index in [2.05, 4.69) is 15.2 Å². The Kier molecular flexibility index (Phi) is 4.22. The lowest BCUT2D eigenvalue weighted by Crippen LogP contribution is -2.17. The molecule has 1 heterocycles. The van der Waals surface area contributed by atoms with Crippen LogP contribution in [0.4, 0.5) is 5.69 Å². The molecule has 0 unspecified atom stereocenters. The van der Waals surface area contributed by atoms with Crippen molar-refractivity contribution in [3.63, 3.8) is 0 Å². The molecule has 110 valence electrons. The van der Waals surface area contributed by atoms with E-state index >= 15 is 0 Å². The molecule has 2 rings (SSSR count). The van der Waals surface area contributed by atoms with Crippen molar-refractivity contribution in [2.75, 3.05) is 19.5 Å². The van der Waals surface area contributed by atoms with Crippen LogP contribution in [0, 0.1) is 0 Å². The van der Waals surface area contributed by atoms with E-state index in [0.29, 0.717) is 11.3 Å². The Morgan fingerprint density at radius 3 is 2.62 bits per heavy atom. The molecular formula is C14H15N3O4. The quantitative estimate of drug-likeness (QED) is 0.862. The molecule has 7 nitrogen and oxygen atoms in total. The van der Waals surface area contributed by atoms with E-state index in [4.69, 9.17) is 4.74 Å². The number of benzene rings is 1. The molecule has 0 fully saturated rings. The molecule has 0 atom stereocenters. The van der Waals surface area contributed by atoms with Gasteiger partial charge >= 0.3 is 5.97 Å². The number of carbonyl (C=O) groups excluding carboxylic acids is 2. The number of amides is 1. The Labute approximate surface area is 121 Å². The summed E-state index contributed by atoms with van der Waals surface area (Å²) in [6.45, 7) is 0. The second kappa shape index (κ2) is 6.08. The number of ether oxygens (including phenoxy) is 2. The Morgan fingerprint density at radius 2 is 1.95 bits per heavy atom. The summed E-state index contributed by atoms with van der Waals surface area (Å²) in [5, 5.41) is 6.58. The van der Waals surface area contributed by atoms with E-state index in [1.54, 1.807) is 31.3 Å². The van der Waals surface area contributed by atoms with Gasteiger partial charge in [-0.15, -0.1) is 0 Å². The zero-order chi connectivity index (χ0) is 15.4. The predicted octanol–water partition coefficient (Wildman–Crippen LogP) is 1.47. The number of aryl methyl sites for hydroxylation is 1. The molecule has 1 N–H and O–H groups in total. The van der Waals surface area contributed by atoms with Gasteiger partial charge in [0.05, 0.1) is 31.7 Å². The van der Waals surface area contributed by atoms with Crippen LogP contribution in [0.1, 0.15) is 20.8 Å². The second-order valence-electron chi connectivity index (χ2n) is 4.18. The van der Waals surface area contributed by atoms with Gasteiger partial charge in [-0.3, -0.25) is 9.48 Å². The third-order valence-electron chi connectivity index (χ3n) is 2.92. The lowest BCUT2D eigenvalue weighted by Gasteiger charge is -2.09. The summed E-state index contributed by atoms with van der Waals surface area (Å²) in [7, 11) is 4.34. The monoisotopic (exact) mass is 289 g/mol. The Hall–Kier alpha value is -2.83. The fourth-order valence-corrected chi connectivity index (χ4v) is 1.89. The molecule has 0 radical (unpaired) electrons. The topological polar surface area (TPSA) is 82.4 Å². The molecule has 2 aromatic rings. The number of aromatic nitrogens is 2. The van der Waals surface area contributed by atoms with E-state index in [0.717, 1.165) is 0 Å². The summed E-state index contributed by atoms with van der Waals surface area (Å²) in [5.74, 6) is -0.533. The van der Waals surface area contributed by atoms with E-state index in [1.165, 1.54) is 25.1 Å². The third-order valence-corrected chi connectivity index (χ3v) is 2.92. The lowest BCUT2D eigenvalue weighted by molar-refractivity contribution is 0.0589. The standard InChI is InChI=1S/C14H15N3O4/c1-17-12(14(19)21-3)10(8-15-17)16-13(18)9-6-4-5-7-11(9)20-2/h4-8H,1-3H3,(H,16,18). The predicted molar refractivity (Wildman–Crippen MR) is 75.5 cm³/mol. The highest BCUT2D eigenvalue weighted by atomic mass is 16.5. The minimum absolute atomic E-state index is 0.167. The number of para-hydroxylation sites is 1. The Morgan fingerprint density at radius 1 is 1.24 bits per heavy atom. The number of rotatable bonds is 4. The zero-order valence-corrected chi connectivity index (χ0v) is 11.9. The van der Waals surface area contributed by atoms with Gasteiger partial charge < -0.3 is 14.8 Å². The van der Waals surface area contributed by atoms with Crippen molar-refractivity contribution in [3.05, 3.63) is 41.7 Å². The van der Waals surface area contributed by atoms with Gasteiger partial charge in [0, 0.05) is 7.05 Å². The van der Waals surface area contributed by atoms with Crippen molar-refractivity contribution < 1.29 is 19.1 Å². The fraction of sp³-hybridized carbons (Fsp3) is 0.214. The maximum absolute atomic E-state index is 12.3. The summed E-state index contributed by atoms with van der Waals surface area (Å²) < 4.78 is 11.1. The molecule has 0 aliphatic rings. The normalized spacial score (nSPS) is 10.0. The molecule has 0 bridgehead atoms. The van der Waals surface area contributed by atoms with Gasteiger partial charge in [0.25, 0.3) is 5.91 Å². The Balaban J connectivity index is 2.30. The molecule has 0 aliphatic carbocycles. The largest absolute Gasteiger partial charge is 0.496 e.